The average Bonchev–Trinajstić information content (AvgIpc) is 2.60. The van der Waals surface area contributed by atoms with Crippen LogP contribution in [0.4, 0.5) is 0 Å². The molecule has 4 heteroatoms. The Balaban J connectivity index is 2.48. The number of rotatable bonds is 3. The lowest BCUT2D eigenvalue weighted by molar-refractivity contribution is 0.0533. The van der Waals surface area contributed by atoms with Gasteiger partial charge >= 0.3 is 5.97 Å². The summed E-state index contributed by atoms with van der Waals surface area (Å²) in [6.07, 6.45) is 0.553. The third-order valence-electron chi connectivity index (χ3n) is 2.43. The molecule has 1 heterocycles. The Labute approximate surface area is 87.4 Å². The van der Waals surface area contributed by atoms with Gasteiger partial charge in [0.25, 0.3) is 0 Å². The van der Waals surface area contributed by atoms with Crippen molar-refractivity contribution >= 4 is 5.97 Å². The maximum Gasteiger partial charge on any atom is 0.342 e. The summed E-state index contributed by atoms with van der Waals surface area (Å²) >= 11 is 0. The quantitative estimate of drug-likeness (QED) is 0.750. The molecule has 0 bridgehead atoms. The van der Waals surface area contributed by atoms with E-state index in [1.54, 1.807) is 6.07 Å². The molecule has 0 saturated heterocycles. The van der Waals surface area contributed by atoms with E-state index in [0.717, 1.165) is 11.1 Å². The van der Waals surface area contributed by atoms with Crippen LogP contribution in [0.25, 0.3) is 0 Å². The number of ether oxygens (including phenoxy) is 2. The minimum absolute atomic E-state index is 0.0801. The minimum Gasteiger partial charge on any atom is -0.496 e. The monoisotopic (exact) mass is 208 g/mol. The van der Waals surface area contributed by atoms with E-state index >= 15 is 0 Å². The minimum atomic E-state index is -0.336. The molecule has 0 atom stereocenters. The van der Waals surface area contributed by atoms with Crippen molar-refractivity contribution in [2.45, 2.75) is 13.0 Å². The first kappa shape index (κ1) is 9.98. The molecule has 2 rings (SSSR count). The highest BCUT2D eigenvalue weighted by Gasteiger charge is 2.26. The Morgan fingerprint density at radius 1 is 1.53 bits per heavy atom. The molecule has 0 unspecified atom stereocenters. The smallest absolute Gasteiger partial charge is 0.342 e. The third-order valence-corrected chi connectivity index (χ3v) is 2.43. The molecular formula is C11H12O4. The molecule has 1 N–H and O–H groups in total. The largest absolute Gasteiger partial charge is 0.496 e. The fraction of sp³-hybridized carbons (Fsp3) is 0.364. The van der Waals surface area contributed by atoms with E-state index in [1.807, 2.05) is 6.07 Å². The lowest BCUT2D eigenvalue weighted by Crippen LogP contribution is -2.00. The summed E-state index contributed by atoms with van der Waals surface area (Å²) in [5.74, 6) is 0.191. The van der Waals surface area contributed by atoms with Crippen LogP contribution in [0, 0.1) is 0 Å². The van der Waals surface area contributed by atoms with Gasteiger partial charge in [-0.1, -0.05) is 6.07 Å². The highest BCUT2D eigenvalue weighted by molar-refractivity contribution is 5.96. The summed E-state index contributed by atoms with van der Waals surface area (Å²) in [5.41, 5.74) is 2.30. The van der Waals surface area contributed by atoms with Gasteiger partial charge < -0.3 is 14.6 Å². The van der Waals surface area contributed by atoms with Crippen molar-refractivity contribution in [1.82, 2.24) is 0 Å². The Bertz CT molecular complexity index is 398. The number of carbonyl (C=O) groups excluding carboxylic acids is 1. The lowest BCUT2D eigenvalue weighted by Gasteiger charge is -2.07. The number of esters is 1. The van der Waals surface area contributed by atoms with Crippen LogP contribution in [0.2, 0.25) is 0 Å². The van der Waals surface area contributed by atoms with Crippen LogP contribution in [0.15, 0.2) is 12.1 Å². The Morgan fingerprint density at radius 3 is 3.00 bits per heavy atom. The van der Waals surface area contributed by atoms with Crippen molar-refractivity contribution in [3.05, 3.63) is 28.8 Å². The van der Waals surface area contributed by atoms with Gasteiger partial charge in [0.05, 0.1) is 7.11 Å². The van der Waals surface area contributed by atoms with Crippen LogP contribution in [0.1, 0.15) is 21.5 Å². The third kappa shape index (κ3) is 1.68. The lowest BCUT2D eigenvalue weighted by atomic mass is 10.0. The SMILES string of the molecule is COc1cc(CCO)cc2c1C(=O)OC2. The summed E-state index contributed by atoms with van der Waals surface area (Å²) < 4.78 is 10.0. The van der Waals surface area contributed by atoms with Crippen molar-refractivity contribution in [3.63, 3.8) is 0 Å². The number of methoxy groups -OCH3 is 1. The standard InChI is InChI=1S/C11H12O4/c1-14-9-5-7(2-3-12)4-8-6-15-11(13)10(8)9/h4-5,12H,2-3,6H2,1H3. The Morgan fingerprint density at radius 2 is 2.33 bits per heavy atom. The van der Waals surface area contributed by atoms with Gasteiger partial charge in [0.1, 0.15) is 17.9 Å². The molecule has 0 aromatic heterocycles. The second-order valence-corrected chi connectivity index (χ2v) is 3.38. The summed E-state index contributed by atoms with van der Waals surface area (Å²) in [7, 11) is 1.52. The molecule has 1 aromatic carbocycles. The van der Waals surface area contributed by atoms with Gasteiger partial charge in [0.2, 0.25) is 0 Å². The molecule has 0 fully saturated rings. The highest BCUT2D eigenvalue weighted by Crippen LogP contribution is 2.30. The van der Waals surface area contributed by atoms with Gasteiger partial charge in [0.15, 0.2) is 0 Å². The Hall–Kier alpha value is -1.55. The normalized spacial score (nSPS) is 13.6. The molecule has 80 valence electrons. The van der Waals surface area contributed by atoms with Crippen molar-refractivity contribution < 1.29 is 19.4 Å². The number of benzene rings is 1. The summed E-state index contributed by atoms with van der Waals surface area (Å²) in [6, 6.07) is 3.64. The van der Waals surface area contributed by atoms with Crippen LogP contribution in [0.5, 0.6) is 5.75 Å². The van der Waals surface area contributed by atoms with E-state index < -0.39 is 0 Å². The van der Waals surface area contributed by atoms with Crippen LogP contribution >= 0.6 is 0 Å². The maximum absolute atomic E-state index is 11.4. The van der Waals surface area contributed by atoms with Crippen molar-refractivity contribution in [2.24, 2.45) is 0 Å². The molecule has 1 aliphatic heterocycles. The van der Waals surface area contributed by atoms with Crippen LogP contribution in [-0.2, 0) is 17.8 Å². The zero-order valence-corrected chi connectivity index (χ0v) is 8.45. The molecule has 15 heavy (non-hydrogen) atoms. The first-order chi connectivity index (χ1) is 7.26. The second-order valence-electron chi connectivity index (χ2n) is 3.38. The molecule has 4 nitrogen and oxygen atoms in total. The number of carbonyl (C=O) groups is 1. The van der Waals surface area contributed by atoms with E-state index in [9.17, 15) is 4.79 Å². The number of aliphatic hydroxyl groups excluding tert-OH is 1. The predicted molar refractivity (Wildman–Crippen MR) is 52.9 cm³/mol. The van der Waals surface area contributed by atoms with Gasteiger partial charge in [-0.2, -0.15) is 0 Å². The summed E-state index contributed by atoms with van der Waals surface area (Å²) in [4.78, 5) is 11.4. The van der Waals surface area contributed by atoms with Gasteiger partial charge in [-0.3, -0.25) is 0 Å². The molecule has 1 aromatic rings. The van der Waals surface area contributed by atoms with Crippen LogP contribution in [0.3, 0.4) is 0 Å². The fourth-order valence-electron chi connectivity index (χ4n) is 1.73. The summed E-state index contributed by atoms with van der Waals surface area (Å²) in [5, 5.41) is 8.84. The molecule has 1 aliphatic rings. The van der Waals surface area contributed by atoms with Crippen molar-refractivity contribution in [1.29, 1.82) is 0 Å². The van der Waals surface area contributed by atoms with E-state index in [2.05, 4.69) is 0 Å². The molecule has 0 aliphatic carbocycles. The second kappa shape index (κ2) is 3.90. The number of aliphatic hydroxyl groups is 1. The van der Waals surface area contributed by atoms with Crippen LogP contribution in [-0.4, -0.2) is 24.8 Å². The first-order valence-electron chi connectivity index (χ1n) is 4.74. The average molecular weight is 208 g/mol. The molecule has 0 amide bonds. The Kier molecular flexibility index (Phi) is 2.60. The van der Waals surface area contributed by atoms with Crippen molar-refractivity contribution in [3.8, 4) is 5.75 Å². The van der Waals surface area contributed by atoms with E-state index in [0.29, 0.717) is 24.3 Å². The first-order valence-corrected chi connectivity index (χ1v) is 4.74. The van der Waals surface area contributed by atoms with Gasteiger partial charge in [0, 0.05) is 12.2 Å². The van der Waals surface area contributed by atoms with E-state index in [1.165, 1.54) is 7.11 Å². The predicted octanol–water partition coefficient (Wildman–Crippen LogP) is 0.900. The molecular weight excluding hydrogens is 196 g/mol. The zero-order chi connectivity index (χ0) is 10.8. The topological polar surface area (TPSA) is 55.8 Å². The highest BCUT2D eigenvalue weighted by atomic mass is 16.5. The van der Waals surface area contributed by atoms with Gasteiger partial charge in [-0.05, 0) is 18.1 Å². The molecule has 0 spiro atoms. The molecule has 0 saturated carbocycles. The van der Waals surface area contributed by atoms with Crippen molar-refractivity contribution in [2.75, 3.05) is 13.7 Å². The number of cyclic esters (lactones) is 1. The fourth-order valence-corrected chi connectivity index (χ4v) is 1.73. The number of fused-ring (bicyclic) bond motifs is 1. The number of hydrogen-bond acceptors (Lipinski definition) is 4. The van der Waals surface area contributed by atoms with E-state index in [-0.39, 0.29) is 12.6 Å². The van der Waals surface area contributed by atoms with Gasteiger partial charge in [-0.15, -0.1) is 0 Å². The maximum atomic E-state index is 11.4. The number of hydrogen-bond donors (Lipinski definition) is 1. The zero-order valence-electron chi connectivity index (χ0n) is 8.45. The van der Waals surface area contributed by atoms with Gasteiger partial charge in [-0.25, -0.2) is 4.79 Å². The summed E-state index contributed by atoms with van der Waals surface area (Å²) in [6.45, 7) is 0.376. The molecule has 0 radical (unpaired) electrons. The van der Waals surface area contributed by atoms with Crippen LogP contribution < -0.4 is 4.74 Å². The van der Waals surface area contributed by atoms with E-state index in [4.69, 9.17) is 14.6 Å².